The van der Waals surface area contributed by atoms with Crippen LogP contribution in [0.4, 0.5) is 5.69 Å². The van der Waals surface area contributed by atoms with Crippen molar-refractivity contribution < 1.29 is 0 Å². The summed E-state index contributed by atoms with van der Waals surface area (Å²) >= 11 is 0. The molecule has 1 N–H and O–H groups in total. The molecule has 2 nitrogen and oxygen atoms in total. The first kappa shape index (κ1) is 12.4. The van der Waals surface area contributed by atoms with E-state index in [4.69, 9.17) is 0 Å². The summed E-state index contributed by atoms with van der Waals surface area (Å²) in [5, 5.41) is 3.46. The largest absolute Gasteiger partial charge is 0.370 e. The van der Waals surface area contributed by atoms with Gasteiger partial charge in [0.25, 0.3) is 0 Å². The minimum atomic E-state index is 0.492. The first-order valence-electron chi connectivity index (χ1n) is 6.54. The summed E-state index contributed by atoms with van der Waals surface area (Å²) < 4.78 is 0. The van der Waals surface area contributed by atoms with Crippen LogP contribution in [-0.4, -0.2) is 19.1 Å². The van der Waals surface area contributed by atoms with E-state index in [0.29, 0.717) is 11.5 Å². The van der Waals surface area contributed by atoms with Crippen molar-refractivity contribution in [2.45, 2.75) is 40.3 Å². The maximum Gasteiger partial charge on any atom is 0.0369 e. The van der Waals surface area contributed by atoms with Gasteiger partial charge in [0.05, 0.1) is 0 Å². The summed E-state index contributed by atoms with van der Waals surface area (Å²) in [6.07, 6.45) is 0. The highest BCUT2D eigenvalue weighted by atomic mass is 15.2. The van der Waals surface area contributed by atoms with Crippen molar-refractivity contribution in [3.8, 4) is 0 Å². The van der Waals surface area contributed by atoms with Crippen LogP contribution in [-0.2, 0) is 6.54 Å². The van der Waals surface area contributed by atoms with E-state index in [0.717, 1.165) is 6.54 Å². The van der Waals surface area contributed by atoms with Crippen LogP contribution in [0.25, 0.3) is 0 Å². The lowest BCUT2D eigenvalue weighted by Gasteiger charge is -2.47. The molecule has 1 aliphatic rings. The molecule has 0 spiro atoms. The maximum absolute atomic E-state index is 3.46. The zero-order chi connectivity index (χ0) is 12.5. The minimum Gasteiger partial charge on any atom is -0.370 e. The zero-order valence-corrected chi connectivity index (χ0v) is 11.5. The van der Waals surface area contributed by atoms with Gasteiger partial charge in [0.2, 0.25) is 0 Å². The Balaban J connectivity index is 1.98. The molecular weight excluding hydrogens is 208 g/mol. The summed E-state index contributed by atoms with van der Waals surface area (Å²) in [7, 11) is 0. The molecule has 0 atom stereocenters. The van der Waals surface area contributed by atoms with E-state index >= 15 is 0 Å². The van der Waals surface area contributed by atoms with Crippen LogP contribution >= 0.6 is 0 Å². The number of nitrogens with zero attached hydrogens (tertiary/aromatic N) is 1. The van der Waals surface area contributed by atoms with E-state index in [1.165, 1.54) is 24.3 Å². The Hall–Kier alpha value is -1.02. The molecule has 0 radical (unpaired) electrons. The summed E-state index contributed by atoms with van der Waals surface area (Å²) in [6.45, 7) is 12.3. The second kappa shape index (κ2) is 4.69. The Kier molecular flexibility index (Phi) is 3.43. The third kappa shape index (κ3) is 3.22. The predicted molar refractivity (Wildman–Crippen MR) is 74.4 cm³/mol. The van der Waals surface area contributed by atoms with Crippen molar-refractivity contribution >= 4 is 5.69 Å². The second-order valence-electron chi connectivity index (χ2n) is 6.23. The van der Waals surface area contributed by atoms with Crippen LogP contribution in [0.15, 0.2) is 24.3 Å². The molecule has 0 saturated carbocycles. The smallest absolute Gasteiger partial charge is 0.0369 e. The number of benzene rings is 1. The summed E-state index contributed by atoms with van der Waals surface area (Å²) in [5.41, 5.74) is 3.24. The van der Waals surface area contributed by atoms with E-state index in [-0.39, 0.29) is 0 Å². The van der Waals surface area contributed by atoms with E-state index in [2.05, 4.69) is 62.2 Å². The molecule has 1 fully saturated rings. The van der Waals surface area contributed by atoms with Crippen molar-refractivity contribution in [2.24, 2.45) is 5.41 Å². The van der Waals surface area contributed by atoms with Gasteiger partial charge in [0.1, 0.15) is 0 Å². The Morgan fingerprint density at radius 3 is 2.59 bits per heavy atom. The molecule has 1 aromatic rings. The van der Waals surface area contributed by atoms with Crippen LogP contribution in [0.1, 0.15) is 33.3 Å². The van der Waals surface area contributed by atoms with Crippen molar-refractivity contribution in [1.29, 1.82) is 0 Å². The molecule has 94 valence electrons. The molecule has 1 saturated heterocycles. The SMILES string of the molecule is CC(C)NCc1cccc(N2CC(C)(C)C2)c1. The quantitative estimate of drug-likeness (QED) is 0.858. The van der Waals surface area contributed by atoms with Crippen LogP contribution in [0.5, 0.6) is 0 Å². The Morgan fingerprint density at radius 1 is 1.29 bits per heavy atom. The fourth-order valence-electron chi connectivity index (χ4n) is 2.35. The van der Waals surface area contributed by atoms with Crippen molar-refractivity contribution in [3.63, 3.8) is 0 Å². The Morgan fingerprint density at radius 2 is 2.00 bits per heavy atom. The highest BCUT2D eigenvalue weighted by Gasteiger charge is 2.33. The normalized spacial score (nSPS) is 18.3. The molecule has 0 aromatic heterocycles. The molecule has 0 aliphatic carbocycles. The Labute approximate surface area is 105 Å². The standard InChI is InChI=1S/C15H24N2/c1-12(2)16-9-13-6-5-7-14(8-13)17-10-15(3,4)11-17/h5-8,12,16H,9-11H2,1-4H3. The van der Waals surface area contributed by atoms with Crippen LogP contribution < -0.4 is 10.2 Å². The molecule has 0 unspecified atom stereocenters. The van der Waals surface area contributed by atoms with Gasteiger partial charge in [-0.05, 0) is 23.1 Å². The molecule has 2 rings (SSSR count). The lowest BCUT2D eigenvalue weighted by Crippen LogP contribution is -2.53. The first-order valence-corrected chi connectivity index (χ1v) is 6.54. The molecule has 1 aliphatic heterocycles. The number of hydrogen-bond acceptors (Lipinski definition) is 2. The average molecular weight is 232 g/mol. The van der Waals surface area contributed by atoms with Crippen molar-refractivity contribution in [1.82, 2.24) is 5.32 Å². The molecule has 0 bridgehead atoms. The fourth-order valence-corrected chi connectivity index (χ4v) is 2.35. The molecular formula is C15H24N2. The molecule has 1 aromatic carbocycles. The van der Waals surface area contributed by atoms with Gasteiger partial charge in [-0.15, -0.1) is 0 Å². The van der Waals surface area contributed by atoms with Gasteiger partial charge in [0, 0.05) is 31.4 Å². The van der Waals surface area contributed by atoms with Gasteiger partial charge in [-0.25, -0.2) is 0 Å². The van der Waals surface area contributed by atoms with Crippen LogP contribution in [0, 0.1) is 5.41 Å². The number of nitrogens with one attached hydrogen (secondary N) is 1. The number of anilines is 1. The third-order valence-electron chi connectivity index (χ3n) is 3.23. The van der Waals surface area contributed by atoms with E-state index < -0.39 is 0 Å². The number of rotatable bonds is 4. The average Bonchev–Trinajstić information content (AvgIpc) is 2.23. The van der Waals surface area contributed by atoms with Gasteiger partial charge in [-0.2, -0.15) is 0 Å². The van der Waals surface area contributed by atoms with Gasteiger partial charge < -0.3 is 10.2 Å². The highest BCUT2D eigenvalue weighted by Crippen LogP contribution is 2.33. The lowest BCUT2D eigenvalue weighted by atomic mass is 9.84. The number of hydrogen-bond donors (Lipinski definition) is 1. The van der Waals surface area contributed by atoms with Gasteiger partial charge in [-0.3, -0.25) is 0 Å². The molecule has 2 heteroatoms. The topological polar surface area (TPSA) is 15.3 Å². The monoisotopic (exact) mass is 232 g/mol. The van der Waals surface area contributed by atoms with Gasteiger partial charge in [0.15, 0.2) is 0 Å². The van der Waals surface area contributed by atoms with E-state index in [9.17, 15) is 0 Å². The lowest BCUT2D eigenvalue weighted by molar-refractivity contribution is 0.276. The Bertz CT molecular complexity index is 374. The zero-order valence-electron chi connectivity index (χ0n) is 11.5. The third-order valence-corrected chi connectivity index (χ3v) is 3.23. The molecule has 17 heavy (non-hydrogen) atoms. The van der Waals surface area contributed by atoms with Crippen LogP contribution in [0.2, 0.25) is 0 Å². The first-order chi connectivity index (χ1) is 7.96. The van der Waals surface area contributed by atoms with Crippen molar-refractivity contribution in [3.05, 3.63) is 29.8 Å². The fraction of sp³-hybridized carbons (Fsp3) is 0.600. The summed E-state index contributed by atoms with van der Waals surface area (Å²) in [4.78, 5) is 2.46. The molecule has 1 heterocycles. The predicted octanol–water partition coefficient (Wildman–Crippen LogP) is 3.03. The van der Waals surface area contributed by atoms with Crippen LogP contribution in [0.3, 0.4) is 0 Å². The van der Waals surface area contributed by atoms with Gasteiger partial charge >= 0.3 is 0 Å². The highest BCUT2D eigenvalue weighted by molar-refractivity contribution is 5.51. The van der Waals surface area contributed by atoms with E-state index in [1.54, 1.807) is 0 Å². The minimum absolute atomic E-state index is 0.492. The second-order valence-corrected chi connectivity index (χ2v) is 6.23. The summed E-state index contributed by atoms with van der Waals surface area (Å²) in [6, 6.07) is 9.43. The van der Waals surface area contributed by atoms with E-state index in [1.807, 2.05) is 0 Å². The molecule has 0 amide bonds. The maximum atomic E-state index is 3.46. The van der Waals surface area contributed by atoms with Gasteiger partial charge in [-0.1, -0.05) is 39.8 Å². The summed E-state index contributed by atoms with van der Waals surface area (Å²) in [5.74, 6) is 0. The van der Waals surface area contributed by atoms with Crippen molar-refractivity contribution in [2.75, 3.05) is 18.0 Å².